The molecule has 9 nitrogen and oxygen atoms in total. The van der Waals surface area contributed by atoms with E-state index in [0.29, 0.717) is 24.5 Å². The second kappa shape index (κ2) is 6.30. The number of aryl methyl sites for hydroxylation is 1. The van der Waals surface area contributed by atoms with E-state index >= 15 is 0 Å². The van der Waals surface area contributed by atoms with Gasteiger partial charge < -0.3 is 15.4 Å². The van der Waals surface area contributed by atoms with Gasteiger partial charge in [-0.1, -0.05) is 0 Å². The summed E-state index contributed by atoms with van der Waals surface area (Å²) in [4.78, 5) is 31.2. The lowest BCUT2D eigenvalue weighted by Gasteiger charge is -2.41. The van der Waals surface area contributed by atoms with Gasteiger partial charge in [-0.2, -0.15) is 0 Å². The molecule has 2 aliphatic rings. The topological polar surface area (TPSA) is 115 Å². The highest BCUT2D eigenvalue weighted by Crippen LogP contribution is 2.35. The summed E-state index contributed by atoms with van der Waals surface area (Å²) in [6.07, 6.45) is 1.53. The van der Waals surface area contributed by atoms with Gasteiger partial charge in [-0.25, -0.2) is 9.78 Å². The van der Waals surface area contributed by atoms with Crippen LogP contribution in [0.1, 0.15) is 39.2 Å². The fourth-order valence-electron chi connectivity index (χ4n) is 3.77. The zero-order valence-electron chi connectivity index (χ0n) is 15.6. The molecule has 0 spiro atoms. The summed E-state index contributed by atoms with van der Waals surface area (Å²) in [5.41, 5.74) is 5.60. The summed E-state index contributed by atoms with van der Waals surface area (Å²) in [6.45, 7) is 8.45. The van der Waals surface area contributed by atoms with Gasteiger partial charge >= 0.3 is 11.8 Å². The zero-order valence-corrected chi connectivity index (χ0v) is 15.6. The highest BCUT2D eigenvalue weighted by Gasteiger charge is 2.44. The summed E-state index contributed by atoms with van der Waals surface area (Å²) in [7, 11) is 0. The van der Waals surface area contributed by atoms with Gasteiger partial charge in [-0.15, -0.1) is 0 Å². The van der Waals surface area contributed by atoms with E-state index in [1.165, 1.54) is 0 Å². The number of nitrogen functional groups attached to an aromatic ring is 1. The van der Waals surface area contributed by atoms with E-state index in [1.54, 1.807) is 13.0 Å². The van der Waals surface area contributed by atoms with Crippen molar-refractivity contribution < 1.29 is 14.5 Å². The summed E-state index contributed by atoms with van der Waals surface area (Å²) < 4.78 is 5.54. The summed E-state index contributed by atoms with van der Waals surface area (Å²) in [5.74, 6) is 0.540. The van der Waals surface area contributed by atoms with E-state index in [0.717, 1.165) is 12.8 Å². The number of nitrogens with two attached hydrogens (primary N) is 1. The fraction of sp³-hybridized carbons (Fsp3) is 0.647. The molecule has 2 atom stereocenters. The molecular formula is C17H25N5O4. The number of piperazine rings is 1. The van der Waals surface area contributed by atoms with Crippen molar-refractivity contribution in [2.24, 2.45) is 0 Å². The Morgan fingerprint density at radius 3 is 2.38 bits per heavy atom. The highest BCUT2D eigenvalue weighted by atomic mass is 16.6. The Balaban J connectivity index is 1.79. The summed E-state index contributed by atoms with van der Waals surface area (Å²) in [6, 6.07) is 1.78. The van der Waals surface area contributed by atoms with Crippen LogP contribution in [0.3, 0.4) is 0 Å². The minimum atomic E-state index is -0.529. The number of carbonyl (C=O) groups is 1. The smallest absolute Gasteiger partial charge is 0.410 e. The third-order valence-corrected chi connectivity index (χ3v) is 4.79. The van der Waals surface area contributed by atoms with Crippen molar-refractivity contribution >= 4 is 23.4 Å². The number of aromatic nitrogens is 1. The van der Waals surface area contributed by atoms with E-state index in [4.69, 9.17) is 10.5 Å². The Kier molecular flexibility index (Phi) is 4.41. The fourth-order valence-corrected chi connectivity index (χ4v) is 3.77. The molecule has 1 amide bonds. The van der Waals surface area contributed by atoms with Crippen LogP contribution in [0.15, 0.2) is 6.07 Å². The van der Waals surface area contributed by atoms with Gasteiger partial charge in [0.1, 0.15) is 11.4 Å². The first-order valence-corrected chi connectivity index (χ1v) is 8.74. The van der Waals surface area contributed by atoms with Gasteiger partial charge in [0.25, 0.3) is 0 Å². The van der Waals surface area contributed by atoms with Crippen LogP contribution < -0.4 is 10.6 Å². The van der Waals surface area contributed by atoms with Crippen molar-refractivity contribution in [3.05, 3.63) is 21.7 Å². The first kappa shape index (κ1) is 18.2. The monoisotopic (exact) mass is 363 g/mol. The molecule has 26 heavy (non-hydrogen) atoms. The molecule has 0 aliphatic carbocycles. The predicted molar refractivity (Wildman–Crippen MR) is 97.1 cm³/mol. The quantitative estimate of drug-likeness (QED) is 0.634. The van der Waals surface area contributed by atoms with E-state index in [9.17, 15) is 14.9 Å². The van der Waals surface area contributed by atoms with Crippen molar-refractivity contribution in [1.82, 2.24) is 9.88 Å². The molecule has 2 saturated heterocycles. The minimum Gasteiger partial charge on any atom is -0.444 e. The van der Waals surface area contributed by atoms with Gasteiger partial charge in [0.15, 0.2) is 0 Å². The van der Waals surface area contributed by atoms with Crippen molar-refractivity contribution in [1.29, 1.82) is 0 Å². The Morgan fingerprint density at radius 2 is 1.92 bits per heavy atom. The minimum absolute atomic E-state index is 0.0436. The van der Waals surface area contributed by atoms with Crippen molar-refractivity contribution in [2.45, 2.75) is 58.2 Å². The maximum atomic E-state index is 12.5. The lowest BCUT2D eigenvalue weighted by molar-refractivity contribution is -0.384. The lowest BCUT2D eigenvalue weighted by atomic mass is 10.1. The number of carbonyl (C=O) groups excluding carboxylic acids is 1. The first-order valence-electron chi connectivity index (χ1n) is 8.74. The molecule has 0 unspecified atom stereocenters. The molecule has 3 rings (SSSR count). The van der Waals surface area contributed by atoms with E-state index in [1.807, 2.05) is 25.7 Å². The zero-order chi connectivity index (χ0) is 19.2. The van der Waals surface area contributed by atoms with Gasteiger partial charge in [-0.05, 0) is 46.6 Å². The van der Waals surface area contributed by atoms with Crippen molar-refractivity contribution in [3.63, 3.8) is 0 Å². The van der Waals surface area contributed by atoms with Crippen LogP contribution in [0.4, 0.5) is 22.1 Å². The van der Waals surface area contributed by atoms with Gasteiger partial charge in [0, 0.05) is 18.7 Å². The maximum Gasteiger partial charge on any atom is 0.410 e. The third-order valence-electron chi connectivity index (χ3n) is 4.79. The second-order valence-corrected chi connectivity index (χ2v) is 7.97. The Bertz CT molecular complexity index is 708. The largest absolute Gasteiger partial charge is 0.444 e. The van der Waals surface area contributed by atoms with Crippen LogP contribution in [0.2, 0.25) is 0 Å². The molecule has 3 heterocycles. The standard InChI is InChI=1S/C17H25N5O4/c1-10-7-13(19-15(18)14(10)22(24)25)20-8-11-5-6-12(9-20)21(11)16(23)26-17(2,3)4/h7,11-12H,5-6,8-9H2,1-4H3,(H2,18,19)/t11-,12+. The molecule has 2 N–H and O–H groups in total. The Morgan fingerprint density at radius 1 is 1.35 bits per heavy atom. The van der Waals surface area contributed by atoms with E-state index < -0.39 is 10.5 Å². The number of ether oxygens (including phenoxy) is 1. The summed E-state index contributed by atoms with van der Waals surface area (Å²) >= 11 is 0. The van der Waals surface area contributed by atoms with Crippen molar-refractivity contribution in [2.75, 3.05) is 23.7 Å². The van der Waals surface area contributed by atoms with E-state index in [2.05, 4.69) is 9.88 Å². The number of hydrogen-bond acceptors (Lipinski definition) is 7. The SMILES string of the molecule is Cc1cc(N2C[C@H]3CC[C@@H](C2)N3C(=O)OC(C)(C)C)nc(N)c1[N+](=O)[O-]. The number of nitro groups is 1. The molecule has 2 fully saturated rings. The Labute approximate surface area is 152 Å². The third kappa shape index (κ3) is 3.38. The van der Waals surface area contributed by atoms with Crippen LogP contribution in [0.25, 0.3) is 0 Å². The normalized spacial score (nSPS) is 22.5. The van der Waals surface area contributed by atoms with Gasteiger partial charge in [0.2, 0.25) is 5.82 Å². The number of pyridine rings is 1. The first-order chi connectivity index (χ1) is 12.1. The molecule has 0 saturated carbocycles. The summed E-state index contributed by atoms with van der Waals surface area (Å²) in [5, 5.41) is 11.1. The number of nitrogens with zero attached hydrogens (tertiary/aromatic N) is 4. The average Bonchev–Trinajstić information content (AvgIpc) is 2.75. The number of fused-ring (bicyclic) bond motifs is 2. The van der Waals surface area contributed by atoms with Gasteiger partial charge in [0.05, 0.1) is 17.0 Å². The average molecular weight is 363 g/mol. The second-order valence-electron chi connectivity index (χ2n) is 7.97. The number of anilines is 2. The molecule has 2 bridgehead atoms. The lowest BCUT2D eigenvalue weighted by Crippen LogP contribution is -2.57. The van der Waals surface area contributed by atoms with Crippen LogP contribution >= 0.6 is 0 Å². The molecule has 1 aromatic heterocycles. The van der Waals surface area contributed by atoms with E-state index in [-0.39, 0.29) is 29.7 Å². The maximum absolute atomic E-state index is 12.5. The van der Waals surface area contributed by atoms with Crippen LogP contribution in [-0.2, 0) is 4.74 Å². The highest BCUT2D eigenvalue weighted by molar-refractivity contribution is 5.70. The molecule has 2 aliphatic heterocycles. The van der Waals surface area contributed by atoms with Gasteiger partial charge in [-0.3, -0.25) is 15.0 Å². The van der Waals surface area contributed by atoms with Crippen LogP contribution in [0, 0.1) is 17.0 Å². The molecule has 9 heteroatoms. The molecule has 1 aromatic rings. The Hall–Kier alpha value is -2.58. The van der Waals surface area contributed by atoms with Crippen molar-refractivity contribution in [3.8, 4) is 0 Å². The van der Waals surface area contributed by atoms with Crippen LogP contribution in [-0.4, -0.2) is 51.7 Å². The number of hydrogen-bond donors (Lipinski definition) is 1. The number of rotatable bonds is 2. The molecular weight excluding hydrogens is 338 g/mol. The van der Waals surface area contributed by atoms with Crippen LogP contribution in [0.5, 0.6) is 0 Å². The molecule has 142 valence electrons. The molecule has 0 aromatic carbocycles. The number of amides is 1. The predicted octanol–water partition coefficient (Wildman–Crippen LogP) is 2.47. The molecule has 0 radical (unpaired) electrons.